The summed E-state index contributed by atoms with van der Waals surface area (Å²) in [5, 5.41) is 3.29. The van der Waals surface area contributed by atoms with Crippen LogP contribution in [0.1, 0.15) is 51.6 Å². The summed E-state index contributed by atoms with van der Waals surface area (Å²) in [5.74, 6) is 0.411. The molecule has 1 fully saturated rings. The van der Waals surface area contributed by atoms with Crippen molar-refractivity contribution in [3.8, 4) is 5.75 Å². The Morgan fingerprint density at radius 3 is 2.53 bits per heavy atom. The molecule has 0 amide bonds. The molecule has 0 aliphatic heterocycles. The molecule has 1 aliphatic carbocycles. The van der Waals surface area contributed by atoms with Crippen molar-refractivity contribution >= 4 is 34.7 Å². The van der Waals surface area contributed by atoms with E-state index in [0.717, 1.165) is 35.9 Å². The molecule has 1 aliphatic rings. The van der Waals surface area contributed by atoms with Crippen LogP contribution < -0.4 is 10.1 Å². The Hall–Kier alpha value is -3.49. The van der Waals surface area contributed by atoms with Gasteiger partial charge in [-0.25, -0.2) is 9.78 Å². The van der Waals surface area contributed by atoms with Gasteiger partial charge in [0, 0.05) is 17.8 Å². The number of fused-ring (bicyclic) bond motifs is 1. The first-order valence-electron chi connectivity index (χ1n) is 11.8. The number of hydrogen-bond donors (Lipinski definition) is 1. The first-order chi connectivity index (χ1) is 16.9. The van der Waals surface area contributed by atoms with Crippen LogP contribution in [0.15, 0.2) is 48.5 Å². The van der Waals surface area contributed by atoms with Crippen molar-refractivity contribution in [1.29, 1.82) is 0 Å². The topological polar surface area (TPSA) is 65.4 Å². The third kappa shape index (κ3) is 6.19. The van der Waals surface area contributed by atoms with Crippen LogP contribution in [0.3, 0.4) is 0 Å². The molecule has 9 heteroatoms. The molecular formula is C27H30F3N3O3. The van der Waals surface area contributed by atoms with Crippen molar-refractivity contribution in [3.63, 3.8) is 0 Å². The molecular weight excluding hydrogens is 471 g/mol. The van der Waals surface area contributed by atoms with Gasteiger partial charge in [0.1, 0.15) is 5.75 Å². The highest BCUT2D eigenvalue weighted by Crippen LogP contribution is 2.46. The standard InChI is InChI=1S/C27H30F3N3O3/c1-17-13-20(16-26(2,3)15-17)33-23-11-5-18(6-12-24(34)35-4)14-22(23)32-25(33)31-19-7-9-21(10-8-19)36-27(28,29)30/h5-12,14,17,20H,13,15-16H2,1-4H3,(H,31,32)/b12-6+/t17-,20+/m1/s1. The van der Waals surface area contributed by atoms with Crippen LogP contribution in [0.4, 0.5) is 24.8 Å². The fourth-order valence-electron chi connectivity index (χ4n) is 5.27. The van der Waals surface area contributed by atoms with E-state index in [-0.39, 0.29) is 17.2 Å². The van der Waals surface area contributed by atoms with Gasteiger partial charge in [-0.15, -0.1) is 13.2 Å². The summed E-state index contributed by atoms with van der Waals surface area (Å²) >= 11 is 0. The number of anilines is 2. The van der Waals surface area contributed by atoms with E-state index < -0.39 is 12.3 Å². The van der Waals surface area contributed by atoms with E-state index >= 15 is 0 Å². The number of halogens is 3. The van der Waals surface area contributed by atoms with E-state index in [0.29, 0.717) is 17.6 Å². The van der Waals surface area contributed by atoms with Crippen LogP contribution in [0.25, 0.3) is 17.1 Å². The van der Waals surface area contributed by atoms with Gasteiger partial charge >= 0.3 is 12.3 Å². The average Bonchev–Trinajstić information content (AvgIpc) is 3.13. The van der Waals surface area contributed by atoms with Gasteiger partial charge in [0.2, 0.25) is 5.95 Å². The van der Waals surface area contributed by atoms with Crippen LogP contribution >= 0.6 is 0 Å². The predicted octanol–water partition coefficient (Wildman–Crippen LogP) is 7.25. The number of benzene rings is 2. The molecule has 0 bridgehead atoms. The van der Waals surface area contributed by atoms with Crippen LogP contribution in [-0.2, 0) is 9.53 Å². The normalized spacial score (nSPS) is 20.0. The molecule has 2 aromatic carbocycles. The maximum Gasteiger partial charge on any atom is 0.573 e. The molecule has 2 atom stereocenters. The summed E-state index contributed by atoms with van der Waals surface area (Å²) in [6.45, 7) is 6.81. The van der Waals surface area contributed by atoms with E-state index in [1.807, 2.05) is 18.2 Å². The minimum Gasteiger partial charge on any atom is -0.466 e. The van der Waals surface area contributed by atoms with Crippen molar-refractivity contribution in [2.45, 2.75) is 52.4 Å². The van der Waals surface area contributed by atoms with E-state index in [1.54, 1.807) is 6.08 Å². The zero-order valence-electron chi connectivity index (χ0n) is 20.7. The monoisotopic (exact) mass is 501 g/mol. The molecule has 0 spiro atoms. The van der Waals surface area contributed by atoms with Crippen LogP contribution in [0, 0.1) is 11.3 Å². The lowest BCUT2D eigenvalue weighted by Gasteiger charge is -2.40. The number of aromatic nitrogens is 2. The van der Waals surface area contributed by atoms with Gasteiger partial charge in [0.25, 0.3) is 0 Å². The molecule has 3 aromatic rings. The second-order valence-electron chi connectivity index (χ2n) is 10.2. The lowest BCUT2D eigenvalue weighted by Crippen LogP contribution is -2.29. The summed E-state index contributed by atoms with van der Waals surface area (Å²) in [6, 6.07) is 11.6. The lowest BCUT2D eigenvalue weighted by atomic mass is 9.70. The number of nitrogens with one attached hydrogen (secondary N) is 1. The van der Waals surface area contributed by atoms with Gasteiger partial charge in [-0.05, 0) is 78.6 Å². The quantitative estimate of drug-likeness (QED) is 0.285. The highest BCUT2D eigenvalue weighted by molar-refractivity contribution is 5.88. The van der Waals surface area contributed by atoms with Crippen LogP contribution in [0.5, 0.6) is 5.75 Å². The van der Waals surface area contributed by atoms with Crippen molar-refractivity contribution < 1.29 is 27.4 Å². The SMILES string of the molecule is COC(=O)/C=C/c1ccc2c(c1)nc(Nc1ccc(OC(F)(F)F)cc1)n2[C@H]1C[C@@H](C)CC(C)(C)C1. The first-order valence-corrected chi connectivity index (χ1v) is 11.8. The fraction of sp³-hybridized carbons (Fsp3) is 0.407. The van der Waals surface area contributed by atoms with Crippen molar-refractivity contribution in [3.05, 3.63) is 54.1 Å². The van der Waals surface area contributed by atoms with Crippen molar-refractivity contribution in [2.24, 2.45) is 11.3 Å². The Morgan fingerprint density at radius 2 is 1.89 bits per heavy atom. The summed E-state index contributed by atoms with van der Waals surface area (Å²) < 4.78 is 48.4. The molecule has 1 heterocycles. The van der Waals surface area contributed by atoms with Gasteiger partial charge in [-0.1, -0.05) is 26.8 Å². The molecule has 1 N–H and O–H groups in total. The second kappa shape index (κ2) is 9.87. The van der Waals surface area contributed by atoms with Gasteiger partial charge in [-0.2, -0.15) is 0 Å². The zero-order chi connectivity index (χ0) is 26.1. The third-order valence-corrected chi connectivity index (χ3v) is 6.40. The summed E-state index contributed by atoms with van der Waals surface area (Å²) in [7, 11) is 1.32. The number of alkyl halides is 3. The Balaban J connectivity index is 1.72. The number of rotatable bonds is 6. The molecule has 1 aromatic heterocycles. The number of imidazole rings is 1. The van der Waals surface area contributed by atoms with Gasteiger partial charge in [-0.3, -0.25) is 0 Å². The number of carbonyl (C=O) groups excluding carboxylic acids is 1. The molecule has 1 saturated carbocycles. The highest BCUT2D eigenvalue weighted by Gasteiger charge is 2.35. The maximum atomic E-state index is 12.5. The van der Waals surface area contributed by atoms with Crippen LogP contribution in [-0.4, -0.2) is 29.0 Å². The average molecular weight is 502 g/mol. The van der Waals surface area contributed by atoms with Crippen molar-refractivity contribution in [1.82, 2.24) is 9.55 Å². The molecule has 0 radical (unpaired) electrons. The molecule has 6 nitrogen and oxygen atoms in total. The second-order valence-corrected chi connectivity index (χ2v) is 10.2. The number of carbonyl (C=O) groups is 1. The lowest BCUT2D eigenvalue weighted by molar-refractivity contribution is -0.274. The smallest absolute Gasteiger partial charge is 0.466 e. The van der Waals surface area contributed by atoms with E-state index in [4.69, 9.17) is 4.98 Å². The molecule has 0 unspecified atom stereocenters. The summed E-state index contributed by atoms with van der Waals surface area (Å²) in [6.07, 6.45) is 1.39. The number of hydrogen-bond acceptors (Lipinski definition) is 5. The van der Waals surface area contributed by atoms with Gasteiger partial charge in [0.05, 0.1) is 18.1 Å². The Kier molecular flexibility index (Phi) is 7.02. The third-order valence-electron chi connectivity index (χ3n) is 6.40. The zero-order valence-corrected chi connectivity index (χ0v) is 20.7. The Bertz CT molecular complexity index is 1260. The number of nitrogens with zero attached hydrogens (tertiary/aromatic N) is 2. The Morgan fingerprint density at radius 1 is 1.17 bits per heavy atom. The van der Waals surface area contributed by atoms with Crippen molar-refractivity contribution in [2.75, 3.05) is 12.4 Å². The fourth-order valence-corrected chi connectivity index (χ4v) is 5.27. The van der Waals surface area contributed by atoms with E-state index in [2.05, 4.69) is 40.1 Å². The van der Waals surface area contributed by atoms with E-state index in [9.17, 15) is 18.0 Å². The Labute approximate surface area is 208 Å². The summed E-state index contributed by atoms with van der Waals surface area (Å²) in [5.41, 5.74) is 3.25. The van der Waals surface area contributed by atoms with Gasteiger partial charge in [0.15, 0.2) is 0 Å². The molecule has 4 rings (SSSR count). The molecule has 0 saturated heterocycles. The number of ether oxygens (including phenoxy) is 2. The molecule has 192 valence electrons. The maximum absolute atomic E-state index is 12.5. The minimum atomic E-state index is -4.74. The minimum absolute atomic E-state index is 0.163. The van der Waals surface area contributed by atoms with E-state index in [1.165, 1.54) is 37.5 Å². The first kappa shape index (κ1) is 25.6. The van der Waals surface area contributed by atoms with Crippen LogP contribution in [0.2, 0.25) is 0 Å². The number of methoxy groups -OCH3 is 1. The van der Waals surface area contributed by atoms with Gasteiger partial charge < -0.3 is 19.4 Å². The predicted molar refractivity (Wildman–Crippen MR) is 133 cm³/mol. The molecule has 36 heavy (non-hydrogen) atoms. The largest absolute Gasteiger partial charge is 0.573 e. The number of esters is 1. The summed E-state index contributed by atoms with van der Waals surface area (Å²) in [4.78, 5) is 16.3. The highest BCUT2D eigenvalue weighted by atomic mass is 19.4.